The molecule has 90 valence electrons. The van der Waals surface area contributed by atoms with Crippen LogP contribution in [0.5, 0.6) is 0 Å². The minimum Gasteiger partial charge on any atom is -0.320 e. The van der Waals surface area contributed by atoms with Gasteiger partial charge in [0, 0.05) is 7.05 Å². The molecule has 4 nitrogen and oxygen atoms in total. The van der Waals surface area contributed by atoms with Gasteiger partial charge in [-0.05, 0) is 25.3 Å². The average molecular weight is 222 g/mol. The SMILES string of the molecule is Cn1cnnc1CNCCCC1CCCC1. The molecular formula is C12H22N4. The molecule has 0 aliphatic heterocycles. The highest BCUT2D eigenvalue weighted by Gasteiger charge is 2.13. The third-order valence-corrected chi connectivity index (χ3v) is 3.53. The lowest BCUT2D eigenvalue weighted by atomic mass is 10.0. The topological polar surface area (TPSA) is 42.7 Å². The molecule has 0 amide bonds. The second kappa shape index (κ2) is 5.99. The number of nitrogens with zero attached hydrogens (tertiary/aromatic N) is 3. The first kappa shape index (κ1) is 11.6. The van der Waals surface area contributed by atoms with Gasteiger partial charge in [0.15, 0.2) is 0 Å². The standard InChI is InChI=1S/C12H22N4/c1-16-10-14-15-12(16)9-13-8-4-7-11-5-2-3-6-11/h10-11,13H,2-9H2,1H3. The largest absolute Gasteiger partial charge is 0.320 e. The highest BCUT2D eigenvalue weighted by Crippen LogP contribution is 2.28. The van der Waals surface area contributed by atoms with E-state index in [0.29, 0.717) is 0 Å². The van der Waals surface area contributed by atoms with Gasteiger partial charge in [-0.15, -0.1) is 10.2 Å². The Labute approximate surface area is 97.5 Å². The van der Waals surface area contributed by atoms with Crippen LogP contribution in [0.4, 0.5) is 0 Å². The molecule has 1 heterocycles. The van der Waals surface area contributed by atoms with E-state index in [1.54, 1.807) is 6.33 Å². The Bertz CT molecular complexity index is 302. The fourth-order valence-electron chi connectivity index (χ4n) is 2.48. The lowest BCUT2D eigenvalue weighted by Crippen LogP contribution is -2.18. The van der Waals surface area contributed by atoms with E-state index >= 15 is 0 Å². The second-order valence-electron chi connectivity index (χ2n) is 4.83. The number of aryl methyl sites for hydroxylation is 1. The van der Waals surface area contributed by atoms with Crippen LogP contribution in [0.1, 0.15) is 44.3 Å². The molecule has 0 atom stereocenters. The van der Waals surface area contributed by atoms with E-state index in [9.17, 15) is 0 Å². The van der Waals surface area contributed by atoms with E-state index in [4.69, 9.17) is 0 Å². The molecule has 0 radical (unpaired) electrons. The third-order valence-electron chi connectivity index (χ3n) is 3.53. The van der Waals surface area contributed by atoms with Crippen LogP contribution in [0.2, 0.25) is 0 Å². The van der Waals surface area contributed by atoms with E-state index in [0.717, 1.165) is 24.8 Å². The zero-order valence-electron chi connectivity index (χ0n) is 10.2. The highest BCUT2D eigenvalue weighted by molar-refractivity contribution is 4.82. The van der Waals surface area contributed by atoms with Crippen LogP contribution in [0.25, 0.3) is 0 Å². The van der Waals surface area contributed by atoms with Crippen LogP contribution in [0.15, 0.2) is 6.33 Å². The van der Waals surface area contributed by atoms with E-state index in [1.165, 1.54) is 38.5 Å². The first-order valence-electron chi connectivity index (χ1n) is 6.40. The van der Waals surface area contributed by atoms with Crippen molar-refractivity contribution in [2.75, 3.05) is 6.54 Å². The Morgan fingerprint density at radius 2 is 2.25 bits per heavy atom. The van der Waals surface area contributed by atoms with Gasteiger partial charge in [-0.2, -0.15) is 0 Å². The van der Waals surface area contributed by atoms with Crippen LogP contribution >= 0.6 is 0 Å². The summed E-state index contributed by atoms with van der Waals surface area (Å²) < 4.78 is 1.96. The first-order valence-corrected chi connectivity index (χ1v) is 6.40. The molecule has 1 saturated carbocycles. The Hall–Kier alpha value is -0.900. The summed E-state index contributed by atoms with van der Waals surface area (Å²) in [7, 11) is 1.98. The maximum absolute atomic E-state index is 4.04. The van der Waals surface area contributed by atoms with Crippen LogP contribution in [0.3, 0.4) is 0 Å². The van der Waals surface area contributed by atoms with Gasteiger partial charge in [0.05, 0.1) is 6.54 Å². The molecule has 0 bridgehead atoms. The van der Waals surface area contributed by atoms with Crippen LogP contribution in [0, 0.1) is 5.92 Å². The minimum absolute atomic E-state index is 0.834. The van der Waals surface area contributed by atoms with E-state index < -0.39 is 0 Å². The van der Waals surface area contributed by atoms with Gasteiger partial charge < -0.3 is 9.88 Å². The first-order chi connectivity index (χ1) is 7.86. The summed E-state index contributed by atoms with van der Waals surface area (Å²) in [6, 6.07) is 0. The Balaban J connectivity index is 1.53. The van der Waals surface area contributed by atoms with Crippen molar-refractivity contribution in [3.63, 3.8) is 0 Å². The Morgan fingerprint density at radius 3 is 2.94 bits per heavy atom. The molecule has 0 saturated heterocycles. The molecule has 0 aromatic carbocycles. The average Bonchev–Trinajstić information content (AvgIpc) is 2.90. The van der Waals surface area contributed by atoms with Gasteiger partial charge in [-0.1, -0.05) is 25.7 Å². The number of hydrogen-bond acceptors (Lipinski definition) is 3. The Morgan fingerprint density at radius 1 is 1.44 bits per heavy atom. The summed E-state index contributed by atoms with van der Waals surface area (Å²) in [6.45, 7) is 1.94. The van der Waals surface area contributed by atoms with Gasteiger partial charge in [0.25, 0.3) is 0 Å². The normalized spacial score (nSPS) is 17.1. The predicted octanol–water partition coefficient (Wildman–Crippen LogP) is 1.88. The van der Waals surface area contributed by atoms with Crippen LogP contribution < -0.4 is 5.32 Å². The number of aromatic nitrogens is 3. The fourth-order valence-corrected chi connectivity index (χ4v) is 2.48. The van der Waals surface area contributed by atoms with Gasteiger partial charge >= 0.3 is 0 Å². The van der Waals surface area contributed by atoms with E-state index in [-0.39, 0.29) is 0 Å². The summed E-state index contributed by atoms with van der Waals surface area (Å²) in [6.07, 6.45) is 10.3. The zero-order chi connectivity index (χ0) is 11.2. The molecule has 1 aromatic heterocycles. The maximum Gasteiger partial charge on any atom is 0.146 e. The van der Waals surface area contributed by atoms with Crippen molar-refractivity contribution >= 4 is 0 Å². The fraction of sp³-hybridized carbons (Fsp3) is 0.833. The van der Waals surface area contributed by atoms with Crippen molar-refractivity contribution < 1.29 is 0 Å². The van der Waals surface area contributed by atoms with Gasteiger partial charge in [-0.25, -0.2) is 0 Å². The molecule has 0 unspecified atom stereocenters. The quantitative estimate of drug-likeness (QED) is 0.747. The molecule has 16 heavy (non-hydrogen) atoms. The second-order valence-corrected chi connectivity index (χ2v) is 4.83. The summed E-state index contributed by atoms with van der Waals surface area (Å²) in [4.78, 5) is 0. The molecule has 1 aromatic rings. The van der Waals surface area contributed by atoms with Crippen molar-refractivity contribution in [3.05, 3.63) is 12.2 Å². The molecule has 1 aliphatic carbocycles. The summed E-state index contributed by atoms with van der Waals surface area (Å²) in [5.41, 5.74) is 0. The summed E-state index contributed by atoms with van der Waals surface area (Å²) in [5.74, 6) is 2.03. The highest BCUT2D eigenvalue weighted by atomic mass is 15.3. The van der Waals surface area contributed by atoms with Crippen molar-refractivity contribution in [1.82, 2.24) is 20.1 Å². The van der Waals surface area contributed by atoms with Crippen LogP contribution in [-0.4, -0.2) is 21.3 Å². The lowest BCUT2D eigenvalue weighted by molar-refractivity contribution is 0.467. The number of hydrogen-bond donors (Lipinski definition) is 1. The number of rotatable bonds is 6. The number of nitrogens with one attached hydrogen (secondary N) is 1. The van der Waals surface area contributed by atoms with Gasteiger partial charge in [-0.3, -0.25) is 0 Å². The maximum atomic E-state index is 4.04. The zero-order valence-corrected chi connectivity index (χ0v) is 10.2. The molecule has 2 rings (SSSR count). The summed E-state index contributed by atoms with van der Waals surface area (Å²) in [5, 5.41) is 11.3. The van der Waals surface area contributed by atoms with Crippen molar-refractivity contribution in [3.8, 4) is 0 Å². The van der Waals surface area contributed by atoms with Crippen molar-refractivity contribution in [1.29, 1.82) is 0 Å². The molecule has 4 heteroatoms. The van der Waals surface area contributed by atoms with Crippen molar-refractivity contribution in [2.45, 2.75) is 45.1 Å². The lowest BCUT2D eigenvalue weighted by Gasteiger charge is -2.08. The van der Waals surface area contributed by atoms with E-state index in [1.807, 2.05) is 11.6 Å². The molecule has 1 aliphatic rings. The third kappa shape index (κ3) is 3.30. The predicted molar refractivity (Wildman–Crippen MR) is 63.9 cm³/mol. The Kier molecular flexibility index (Phi) is 4.34. The molecular weight excluding hydrogens is 200 g/mol. The molecule has 1 fully saturated rings. The smallest absolute Gasteiger partial charge is 0.146 e. The van der Waals surface area contributed by atoms with Crippen LogP contribution in [-0.2, 0) is 13.6 Å². The summed E-state index contributed by atoms with van der Waals surface area (Å²) >= 11 is 0. The monoisotopic (exact) mass is 222 g/mol. The van der Waals surface area contributed by atoms with E-state index in [2.05, 4.69) is 15.5 Å². The van der Waals surface area contributed by atoms with Crippen molar-refractivity contribution in [2.24, 2.45) is 13.0 Å². The molecule has 0 spiro atoms. The van der Waals surface area contributed by atoms with Gasteiger partial charge in [0.1, 0.15) is 12.2 Å². The van der Waals surface area contributed by atoms with Gasteiger partial charge in [0.2, 0.25) is 0 Å². The molecule has 1 N–H and O–H groups in total. The minimum atomic E-state index is 0.834.